The summed E-state index contributed by atoms with van der Waals surface area (Å²) >= 11 is 7.47. The van der Waals surface area contributed by atoms with Gasteiger partial charge in [-0.25, -0.2) is 4.98 Å². The molecule has 0 atom stereocenters. The minimum absolute atomic E-state index is 0.0806. The van der Waals surface area contributed by atoms with Gasteiger partial charge in [0.15, 0.2) is 0 Å². The van der Waals surface area contributed by atoms with E-state index in [2.05, 4.69) is 10.3 Å². The number of nitrogens with one attached hydrogen (secondary N) is 1. The van der Waals surface area contributed by atoms with Crippen molar-refractivity contribution in [1.29, 1.82) is 0 Å². The van der Waals surface area contributed by atoms with Gasteiger partial charge in [0, 0.05) is 13.7 Å². The number of amides is 1. The van der Waals surface area contributed by atoms with Gasteiger partial charge in [-0.3, -0.25) is 14.2 Å². The summed E-state index contributed by atoms with van der Waals surface area (Å²) < 4.78 is 6.29. The first-order valence-electron chi connectivity index (χ1n) is 4.72. The molecule has 0 aliphatic rings. The van der Waals surface area contributed by atoms with E-state index < -0.39 is 0 Å². The Balaban J connectivity index is 2.66. The standard InChI is InChI=1S/C9H11ClIN3O3/c1-17-3-2-12-6(15)4-14-5-13-8(10)7(11)9(14)16/h5H,2-4H2,1H3,(H,12,15). The van der Waals surface area contributed by atoms with E-state index in [0.29, 0.717) is 16.7 Å². The Labute approximate surface area is 116 Å². The molecular weight excluding hydrogens is 360 g/mol. The van der Waals surface area contributed by atoms with Gasteiger partial charge in [0.05, 0.1) is 12.9 Å². The van der Waals surface area contributed by atoms with Crippen molar-refractivity contribution in [1.82, 2.24) is 14.9 Å². The maximum absolute atomic E-state index is 11.7. The zero-order valence-corrected chi connectivity index (χ0v) is 12.0. The Morgan fingerprint density at radius 3 is 3.06 bits per heavy atom. The molecule has 0 aliphatic heterocycles. The lowest BCUT2D eigenvalue weighted by atomic mass is 10.5. The molecule has 0 saturated heterocycles. The maximum atomic E-state index is 11.7. The molecule has 0 saturated carbocycles. The van der Waals surface area contributed by atoms with Crippen molar-refractivity contribution in [2.45, 2.75) is 6.54 Å². The SMILES string of the molecule is COCCNC(=O)Cn1cnc(Cl)c(I)c1=O. The zero-order chi connectivity index (χ0) is 12.8. The average Bonchev–Trinajstić information content (AvgIpc) is 2.30. The van der Waals surface area contributed by atoms with Crippen LogP contribution >= 0.6 is 34.2 Å². The summed E-state index contributed by atoms with van der Waals surface area (Å²) in [4.78, 5) is 26.9. The molecule has 0 aromatic carbocycles. The molecule has 1 aromatic heterocycles. The van der Waals surface area contributed by atoms with Crippen LogP contribution in [0.5, 0.6) is 0 Å². The highest BCUT2D eigenvalue weighted by Crippen LogP contribution is 2.09. The van der Waals surface area contributed by atoms with Gasteiger partial charge < -0.3 is 10.1 Å². The monoisotopic (exact) mass is 371 g/mol. The van der Waals surface area contributed by atoms with Crippen LogP contribution in [-0.2, 0) is 16.1 Å². The Bertz CT molecular complexity index is 463. The van der Waals surface area contributed by atoms with Crippen molar-refractivity contribution >= 4 is 40.1 Å². The van der Waals surface area contributed by atoms with E-state index in [9.17, 15) is 9.59 Å². The van der Waals surface area contributed by atoms with Crippen LogP contribution in [0.3, 0.4) is 0 Å². The molecule has 0 fully saturated rings. The van der Waals surface area contributed by atoms with E-state index in [1.54, 1.807) is 29.7 Å². The minimum atomic E-state index is -0.326. The molecule has 17 heavy (non-hydrogen) atoms. The fourth-order valence-electron chi connectivity index (χ4n) is 1.06. The van der Waals surface area contributed by atoms with Crippen molar-refractivity contribution in [3.63, 3.8) is 0 Å². The number of rotatable bonds is 5. The van der Waals surface area contributed by atoms with Crippen molar-refractivity contribution < 1.29 is 9.53 Å². The van der Waals surface area contributed by atoms with E-state index >= 15 is 0 Å². The van der Waals surface area contributed by atoms with Crippen LogP contribution < -0.4 is 10.9 Å². The van der Waals surface area contributed by atoms with Crippen molar-refractivity contribution in [2.24, 2.45) is 0 Å². The van der Waals surface area contributed by atoms with Gasteiger partial charge in [0.25, 0.3) is 5.56 Å². The highest BCUT2D eigenvalue weighted by atomic mass is 127. The highest BCUT2D eigenvalue weighted by molar-refractivity contribution is 14.1. The van der Waals surface area contributed by atoms with E-state index in [1.165, 1.54) is 10.9 Å². The van der Waals surface area contributed by atoms with Crippen molar-refractivity contribution in [2.75, 3.05) is 20.3 Å². The number of aromatic nitrogens is 2. The van der Waals surface area contributed by atoms with E-state index in [-0.39, 0.29) is 23.2 Å². The largest absolute Gasteiger partial charge is 0.383 e. The highest BCUT2D eigenvalue weighted by Gasteiger charge is 2.09. The van der Waals surface area contributed by atoms with Gasteiger partial charge in [-0.2, -0.15) is 0 Å². The van der Waals surface area contributed by atoms with Crippen LogP contribution in [0.2, 0.25) is 5.15 Å². The second-order valence-electron chi connectivity index (χ2n) is 3.13. The lowest BCUT2D eigenvalue weighted by molar-refractivity contribution is -0.121. The molecule has 0 aliphatic carbocycles. The number of nitrogens with zero attached hydrogens (tertiary/aromatic N) is 2. The quantitative estimate of drug-likeness (QED) is 0.458. The number of carbonyl (C=O) groups excluding carboxylic acids is 1. The van der Waals surface area contributed by atoms with Crippen LogP contribution in [0.4, 0.5) is 0 Å². The van der Waals surface area contributed by atoms with Gasteiger partial charge >= 0.3 is 0 Å². The second-order valence-corrected chi connectivity index (χ2v) is 4.56. The molecule has 1 rings (SSSR count). The van der Waals surface area contributed by atoms with Crippen molar-refractivity contribution in [3.8, 4) is 0 Å². The number of hydrogen-bond donors (Lipinski definition) is 1. The Morgan fingerprint density at radius 1 is 1.71 bits per heavy atom. The number of hydrogen-bond acceptors (Lipinski definition) is 4. The second kappa shape index (κ2) is 6.92. The van der Waals surface area contributed by atoms with Crippen LogP contribution in [0.15, 0.2) is 11.1 Å². The Morgan fingerprint density at radius 2 is 2.41 bits per heavy atom. The summed E-state index contributed by atoms with van der Waals surface area (Å²) in [7, 11) is 1.54. The Hall–Kier alpha value is -0.670. The van der Waals surface area contributed by atoms with Gasteiger partial charge in [-0.1, -0.05) is 11.6 Å². The average molecular weight is 372 g/mol. The summed E-state index contributed by atoms with van der Waals surface area (Å²) in [6.45, 7) is 0.752. The molecule has 6 nitrogen and oxygen atoms in total. The van der Waals surface area contributed by atoms with Gasteiger partial charge in [-0.05, 0) is 22.6 Å². The molecule has 0 radical (unpaired) electrons. The molecular formula is C9H11ClIN3O3. The predicted molar refractivity (Wildman–Crippen MR) is 71.1 cm³/mol. The molecule has 94 valence electrons. The van der Waals surface area contributed by atoms with Crippen LogP contribution in [0.25, 0.3) is 0 Å². The topological polar surface area (TPSA) is 73.2 Å². The number of ether oxygens (including phenoxy) is 1. The predicted octanol–water partition coefficient (Wildman–Crippen LogP) is 0.264. The fraction of sp³-hybridized carbons (Fsp3) is 0.444. The van der Waals surface area contributed by atoms with Gasteiger partial charge in [-0.15, -0.1) is 0 Å². The van der Waals surface area contributed by atoms with E-state index in [0.717, 1.165) is 0 Å². The molecule has 1 amide bonds. The summed E-state index contributed by atoms with van der Waals surface area (Å²) in [6.07, 6.45) is 1.25. The molecule has 0 bridgehead atoms. The number of methoxy groups -OCH3 is 1. The first kappa shape index (κ1) is 14.4. The summed E-state index contributed by atoms with van der Waals surface area (Å²) in [6, 6.07) is 0. The summed E-state index contributed by atoms with van der Waals surface area (Å²) in [5.41, 5.74) is -0.326. The normalized spacial score (nSPS) is 10.3. The first-order chi connectivity index (χ1) is 8.06. The van der Waals surface area contributed by atoms with Crippen LogP contribution in [0, 0.1) is 3.57 Å². The van der Waals surface area contributed by atoms with Crippen LogP contribution in [-0.4, -0.2) is 35.7 Å². The third kappa shape index (κ3) is 4.25. The number of halogens is 2. The smallest absolute Gasteiger partial charge is 0.268 e. The van der Waals surface area contributed by atoms with Crippen LogP contribution in [0.1, 0.15) is 0 Å². The summed E-state index contributed by atoms with van der Waals surface area (Å²) in [5, 5.41) is 2.75. The number of carbonyl (C=O) groups is 1. The fourth-order valence-corrected chi connectivity index (χ4v) is 1.63. The minimum Gasteiger partial charge on any atom is -0.383 e. The lowest BCUT2D eigenvalue weighted by Gasteiger charge is -2.07. The lowest BCUT2D eigenvalue weighted by Crippen LogP contribution is -2.34. The third-order valence-electron chi connectivity index (χ3n) is 1.88. The zero-order valence-electron chi connectivity index (χ0n) is 9.07. The van der Waals surface area contributed by atoms with E-state index in [1.807, 2.05) is 0 Å². The van der Waals surface area contributed by atoms with Gasteiger partial charge in [0.1, 0.15) is 15.3 Å². The maximum Gasteiger partial charge on any atom is 0.268 e. The van der Waals surface area contributed by atoms with Gasteiger partial charge in [0.2, 0.25) is 5.91 Å². The molecule has 1 heterocycles. The molecule has 1 N–H and O–H groups in total. The molecule has 1 aromatic rings. The third-order valence-corrected chi connectivity index (χ3v) is 3.46. The molecule has 0 spiro atoms. The van der Waals surface area contributed by atoms with E-state index in [4.69, 9.17) is 16.3 Å². The molecule has 8 heteroatoms. The van der Waals surface area contributed by atoms with Crippen molar-refractivity contribution in [3.05, 3.63) is 25.4 Å². The first-order valence-corrected chi connectivity index (χ1v) is 6.18. The Kier molecular flexibility index (Phi) is 5.86. The summed E-state index contributed by atoms with van der Waals surface area (Å²) in [5.74, 6) is -0.274. The molecule has 0 unspecified atom stereocenters.